The number of nitrogens with zero attached hydrogens (tertiary/aromatic N) is 1. The summed E-state index contributed by atoms with van der Waals surface area (Å²) in [5, 5.41) is 0. The number of methoxy groups -OCH3 is 1. The van der Waals surface area contributed by atoms with E-state index in [1.54, 1.807) is 7.11 Å². The molecule has 1 aliphatic heterocycles. The van der Waals surface area contributed by atoms with E-state index >= 15 is 0 Å². The van der Waals surface area contributed by atoms with Crippen LogP contribution < -0.4 is 4.74 Å². The zero-order valence-electron chi connectivity index (χ0n) is 16.6. The van der Waals surface area contributed by atoms with E-state index in [9.17, 15) is 0 Å². The third-order valence-electron chi connectivity index (χ3n) is 4.77. The zero-order chi connectivity index (χ0) is 19.0. The minimum Gasteiger partial charge on any atom is -0.496 e. The molecule has 26 heavy (non-hydrogen) atoms. The van der Waals surface area contributed by atoms with E-state index in [1.165, 1.54) is 0 Å². The number of hydrogen-bond donors (Lipinski definition) is 0. The van der Waals surface area contributed by atoms with Crippen molar-refractivity contribution in [2.24, 2.45) is 0 Å². The second kappa shape index (κ2) is 9.76. The summed E-state index contributed by atoms with van der Waals surface area (Å²) in [4.78, 5) is 6.30. The molecule has 1 fully saturated rings. The molecule has 2 rings (SSSR count). The Morgan fingerprint density at radius 1 is 1.23 bits per heavy atom. The largest absolute Gasteiger partial charge is 0.496 e. The van der Waals surface area contributed by atoms with Gasteiger partial charge in [0, 0.05) is 18.8 Å². The van der Waals surface area contributed by atoms with E-state index in [-0.39, 0.29) is 11.8 Å². The molecule has 0 radical (unpaired) electrons. The van der Waals surface area contributed by atoms with Crippen molar-refractivity contribution >= 4 is 17.8 Å². The van der Waals surface area contributed by atoms with Crippen LogP contribution in [0.1, 0.15) is 26.3 Å². The molecule has 1 aromatic carbocycles. The monoisotopic (exact) mass is 382 g/mol. The quantitative estimate of drug-likeness (QED) is 0.452. The molecule has 0 aliphatic carbocycles. The summed E-state index contributed by atoms with van der Waals surface area (Å²) in [6.45, 7) is 7.79. The third kappa shape index (κ3) is 5.02. The summed E-state index contributed by atoms with van der Waals surface area (Å²) in [6, 6.07) is 8.04. The van der Waals surface area contributed by atoms with Gasteiger partial charge in [-0.3, -0.25) is 0 Å². The van der Waals surface area contributed by atoms with Crippen LogP contribution in [-0.2, 0) is 14.3 Å². The smallest absolute Gasteiger partial charge is 0.186 e. The van der Waals surface area contributed by atoms with Crippen molar-refractivity contribution in [3.8, 4) is 5.75 Å². The first kappa shape index (κ1) is 21.3. The SMILES string of the molecule is CCOC(CO[N+]1(C)CSCC1(C)/C=C/c1ccccc1OC)OCC. The standard InChI is InChI=1S/C20H32NO4S/c1-6-23-19(24-7-2)14-25-21(4)16-26-15-20(21,3)13-12-17-10-8-9-11-18(17)22-5/h8-13,19H,6-7,14-16H2,1-5H3/q+1/b13-12+. The Morgan fingerprint density at radius 3 is 2.58 bits per heavy atom. The Kier molecular flexibility index (Phi) is 7.98. The topological polar surface area (TPSA) is 36.9 Å². The van der Waals surface area contributed by atoms with Crippen LogP contribution in [0, 0.1) is 0 Å². The van der Waals surface area contributed by atoms with Crippen LogP contribution in [0.4, 0.5) is 0 Å². The van der Waals surface area contributed by atoms with Crippen molar-refractivity contribution < 1.29 is 23.7 Å². The van der Waals surface area contributed by atoms with Crippen LogP contribution in [0.3, 0.4) is 0 Å². The fourth-order valence-electron chi connectivity index (χ4n) is 2.92. The molecule has 2 atom stereocenters. The Morgan fingerprint density at radius 2 is 1.92 bits per heavy atom. The van der Waals surface area contributed by atoms with Gasteiger partial charge in [-0.05, 0) is 39.0 Å². The average molecular weight is 383 g/mol. The van der Waals surface area contributed by atoms with Crippen molar-refractivity contribution in [3.63, 3.8) is 0 Å². The number of likely N-dealkylation sites (N-methyl/N-ethyl adjacent to an activating group) is 1. The highest BCUT2D eigenvalue weighted by Gasteiger charge is 2.50. The molecule has 1 saturated heterocycles. The van der Waals surface area contributed by atoms with Gasteiger partial charge in [0.2, 0.25) is 0 Å². The maximum Gasteiger partial charge on any atom is 0.186 e. The van der Waals surface area contributed by atoms with Crippen LogP contribution in [0.15, 0.2) is 30.3 Å². The van der Waals surface area contributed by atoms with Crippen molar-refractivity contribution in [3.05, 3.63) is 35.9 Å². The lowest BCUT2D eigenvalue weighted by Crippen LogP contribution is -2.57. The molecule has 5 nitrogen and oxygen atoms in total. The van der Waals surface area contributed by atoms with E-state index in [0.717, 1.165) is 22.9 Å². The molecule has 1 aliphatic rings. The van der Waals surface area contributed by atoms with Gasteiger partial charge in [0.05, 0.1) is 12.9 Å². The molecule has 1 heterocycles. The van der Waals surface area contributed by atoms with Crippen LogP contribution in [0.2, 0.25) is 0 Å². The summed E-state index contributed by atoms with van der Waals surface area (Å²) in [7, 11) is 3.83. The minimum absolute atomic E-state index is 0.144. The predicted molar refractivity (Wildman–Crippen MR) is 107 cm³/mol. The summed E-state index contributed by atoms with van der Waals surface area (Å²) in [5.74, 6) is 2.75. The Balaban J connectivity index is 2.11. The fourth-order valence-corrected chi connectivity index (χ4v) is 4.51. The molecule has 146 valence electrons. The number of rotatable bonds is 10. The Hall–Kier alpha value is -1.05. The predicted octanol–water partition coefficient (Wildman–Crippen LogP) is 3.95. The number of thioether (sulfide) groups is 1. The van der Waals surface area contributed by atoms with Crippen LogP contribution in [0.25, 0.3) is 6.08 Å². The molecule has 0 N–H and O–H groups in total. The van der Waals surface area contributed by atoms with Gasteiger partial charge in [0.25, 0.3) is 0 Å². The van der Waals surface area contributed by atoms with Crippen molar-refractivity contribution in [2.75, 3.05) is 45.6 Å². The first-order valence-electron chi connectivity index (χ1n) is 9.11. The lowest BCUT2D eigenvalue weighted by molar-refractivity contribution is -1.11. The van der Waals surface area contributed by atoms with E-state index in [2.05, 4.69) is 32.2 Å². The summed E-state index contributed by atoms with van der Waals surface area (Å²) >= 11 is 1.89. The molecule has 2 unspecified atom stereocenters. The molecule has 1 aromatic rings. The lowest BCUT2D eigenvalue weighted by atomic mass is 10.0. The Bertz CT molecular complexity index is 591. The number of hydroxylamine groups is 3. The van der Waals surface area contributed by atoms with Gasteiger partial charge in [-0.2, -0.15) is 9.48 Å². The van der Waals surface area contributed by atoms with Gasteiger partial charge >= 0.3 is 0 Å². The van der Waals surface area contributed by atoms with Crippen molar-refractivity contribution in [2.45, 2.75) is 32.6 Å². The van der Waals surface area contributed by atoms with Crippen LogP contribution >= 0.6 is 11.8 Å². The molecular weight excluding hydrogens is 350 g/mol. The summed E-state index contributed by atoms with van der Waals surface area (Å²) in [6.07, 6.45) is 4.04. The minimum atomic E-state index is -0.326. The second-order valence-electron chi connectivity index (χ2n) is 6.65. The molecule has 0 saturated carbocycles. The summed E-state index contributed by atoms with van der Waals surface area (Å²) < 4.78 is 17.2. The van der Waals surface area contributed by atoms with Gasteiger partial charge in [-0.15, -0.1) is 0 Å². The van der Waals surface area contributed by atoms with E-state index in [4.69, 9.17) is 19.0 Å². The normalized spacial score (nSPS) is 26.1. The first-order chi connectivity index (χ1) is 12.5. The lowest BCUT2D eigenvalue weighted by Gasteiger charge is -2.39. The maximum atomic E-state index is 6.30. The highest BCUT2D eigenvalue weighted by molar-refractivity contribution is 7.99. The second-order valence-corrected chi connectivity index (χ2v) is 7.60. The van der Waals surface area contributed by atoms with Crippen LogP contribution in [0.5, 0.6) is 5.75 Å². The van der Waals surface area contributed by atoms with Gasteiger partial charge in [-0.1, -0.05) is 30.0 Å². The van der Waals surface area contributed by atoms with Gasteiger partial charge < -0.3 is 14.2 Å². The number of para-hydroxylation sites is 1. The zero-order valence-corrected chi connectivity index (χ0v) is 17.4. The van der Waals surface area contributed by atoms with E-state index < -0.39 is 0 Å². The van der Waals surface area contributed by atoms with Gasteiger partial charge in [-0.25, -0.2) is 0 Å². The first-order valence-corrected chi connectivity index (χ1v) is 10.3. The number of benzene rings is 1. The molecule has 0 amide bonds. The summed E-state index contributed by atoms with van der Waals surface area (Å²) in [5.41, 5.74) is 0.926. The number of hydrogen-bond acceptors (Lipinski definition) is 5. The molecule has 0 aromatic heterocycles. The van der Waals surface area contributed by atoms with E-state index in [0.29, 0.717) is 24.5 Å². The fraction of sp³-hybridized carbons (Fsp3) is 0.600. The highest BCUT2D eigenvalue weighted by Crippen LogP contribution is 2.39. The number of quaternary nitrogens is 1. The molecular formula is C20H32NO4S+. The van der Waals surface area contributed by atoms with Crippen molar-refractivity contribution in [1.29, 1.82) is 0 Å². The third-order valence-corrected chi connectivity index (χ3v) is 6.24. The van der Waals surface area contributed by atoms with Crippen molar-refractivity contribution in [1.82, 2.24) is 0 Å². The molecule has 0 spiro atoms. The highest BCUT2D eigenvalue weighted by atomic mass is 32.2. The van der Waals surface area contributed by atoms with E-state index in [1.807, 2.05) is 43.8 Å². The average Bonchev–Trinajstić information content (AvgIpc) is 2.94. The van der Waals surface area contributed by atoms with Gasteiger partial charge in [0.1, 0.15) is 12.8 Å². The van der Waals surface area contributed by atoms with Gasteiger partial charge in [0.15, 0.2) is 24.3 Å². The molecule has 6 heteroatoms. The maximum absolute atomic E-state index is 6.30. The number of ether oxygens (including phenoxy) is 3. The molecule has 0 bridgehead atoms. The van der Waals surface area contributed by atoms with Crippen LogP contribution in [-0.4, -0.2) is 62.1 Å². The Labute approximate surface area is 161 Å².